The number of hydrogen-bond donors (Lipinski definition) is 1. The average molecular weight is 102 g/mol. The maximum atomic E-state index is 10.1. The standard InChI is InChI=1S/C4H8NO2/c1-3(5)4(6)7-2/h3H,1,5H2,2H3/t3-/m1/s1. The molecule has 0 aromatic heterocycles. The molecule has 0 aliphatic carbocycles. The number of carbonyl (C=O) groups excluding carboxylic acids is 1. The lowest BCUT2D eigenvalue weighted by molar-refractivity contribution is -0.141. The summed E-state index contributed by atoms with van der Waals surface area (Å²) in [7, 11) is 1.27. The van der Waals surface area contributed by atoms with Crippen LogP contribution in [0.2, 0.25) is 0 Å². The Balaban J connectivity index is 3.35. The summed E-state index contributed by atoms with van der Waals surface area (Å²) >= 11 is 0. The van der Waals surface area contributed by atoms with Crippen molar-refractivity contribution in [3.8, 4) is 0 Å². The van der Waals surface area contributed by atoms with Gasteiger partial charge in [-0.1, -0.05) is 0 Å². The Labute approximate surface area is 42.4 Å². The van der Waals surface area contributed by atoms with Crippen molar-refractivity contribution in [2.45, 2.75) is 6.04 Å². The number of methoxy groups -OCH3 is 1. The van der Waals surface area contributed by atoms with Gasteiger partial charge in [0.25, 0.3) is 0 Å². The van der Waals surface area contributed by atoms with Crippen LogP contribution in [0.4, 0.5) is 0 Å². The molecule has 7 heavy (non-hydrogen) atoms. The lowest BCUT2D eigenvalue weighted by Gasteiger charge is -1.98. The number of nitrogens with two attached hydrogens (primary N) is 1. The Morgan fingerprint density at radius 1 is 2.00 bits per heavy atom. The minimum Gasteiger partial charge on any atom is -0.468 e. The van der Waals surface area contributed by atoms with Crippen LogP contribution in [0.5, 0.6) is 0 Å². The second kappa shape index (κ2) is 2.58. The van der Waals surface area contributed by atoms with Crippen molar-refractivity contribution in [1.29, 1.82) is 0 Å². The molecule has 1 atom stereocenters. The summed E-state index contributed by atoms with van der Waals surface area (Å²) in [4.78, 5) is 10.1. The third-order valence-corrected chi connectivity index (χ3v) is 0.504. The molecule has 0 amide bonds. The summed E-state index contributed by atoms with van der Waals surface area (Å²) in [6.45, 7) is 3.21. The molecule has 1 radical (unpaired) electrons. The molecule has 0 saturated heterocycles. The van der Waals surface area contributed by atoms with Gasteiger partial charge in [0.05, 0.1) is 7.11 Å². The van der Waals surface area contributed by atoms with Crippen molar-refractivity contribution in [2.75, 3.05) is 7.11 Å². The van der Waals surface area contributed by atoms with Crippen molar-refractivity contribution >= 4 is 5.97 Å². The van der Waals surface area contributed by atoms with Crippen molar-refractivity contribution in [1.82, 2.24) is 0 Å². The summed E-state index contributed by atoms with van der Waals surface area (Å²) in [5.41, 5.74) is 4.96. The van der Waals surface area contributed by atoms with E-state index in [4.69, 9.17) is 5.73 Å². The first-order valence-corrected chi connectivity index (χ1v) is 1.85. The fraction of sp³-hybridized carbons (Fsp3) is 0.500. The van der Waals surface area contributed by atoms with Gasteiger partial charge in [0, 0.05) is 0 Å². The number of esters is 1. The fourth-order valence-electron chi connectivity index (χ4n) is 0.151. The van der Waals surface area contributed by atoms with E-state index in [2.05, 4.69) is 11.7 Å². The SMILES string of the molecule is [CH2][C@@H](N)C(=O)OC. The van der Waals surface area contributed by atoms with Gasteiger partial charge in [0.2, 0.25) is 0 Å². The van der Waals surface area contributed by atoms with Gasteiger partial charge in [-0.3, -0.25) is 4.79 Å². The van der Waals surface area contributed by atoms with Gasteiger partial charge in [-0.15, -0.1) is 0 Å². The minimum atomic E-state index is -0.745. The van der Waals surface area contributed by atoms with Crippen LogP contribution in [0.25, 0.3) is 0 Å². The molecular weight excluding hydrogens is 94.0 g/mol. The molecule has 0 heterocycles. The first kappa shape index (κ1) is 6.43. The van der Waals surface area contributed by atoms with Crippen molar-refractivity contribution in [3.05, 3.63) is 6.92 Å². The smallest absolute Gasteiger partial charge is 0.322 e. The molecule has 0 aliphatic heterocycles. The average Bonchev–Trinajstić information content (AvgIpc) is 1.65. The zero-order chi connectivity index (χ0) is 5.86. The molecule has 3 heteroatoms. The van der Waals surface area contributed by atoms with Crippen molar-refractivity contribution < 1.29 is 9.53 Å². The molecular formula is C4H8NO2. The predicted molar refractivity (Wildman–Crippen MR) is 25.3 cm³/mol. The van der Waals surface area contributed by atoms with Crippen LogP contribution in [0.3, 0.4) is 0 Å². The maximum Gasteiger partial charge on any atom is 0.322 e. The van der Waals surface area contributed by atoms with Gasteiger partial charge in [-0.05, 0) is 6.92 Å². The highest BCUT2D eigenvalue weighted by Crippen LogP contribution is 1.75. The number of carbonyl (C=O) groups is 1. The van der Waals surface area contributed by atoms with Gasteiger partial charge in [-0.2, -0.15) is 0 Å². The summed E-state index contributed by atoms with van der Waals surface area (Å²) in [5, 5.41) is 0. The number of ether oxygens (including phenoxy) is 1. The van der Waals surface area contributed by atoms with Crippen LogP contribution in [0.15, 0.2) is 0 Å². The largest absolute Gasteiger partial charge is 0.468 e. The van der Waals surface area contributed by atoms with Gasteiger partial charge in [0.1, 0.15) is 6.04 Å². The molecule has 0 spiro atoms. The zero-order valence-corrected chi connectivity index (χ0v) is 4.18. The Morgan fingerprint density at radius 3 is 2.43 bits per heavy atom. The fourth-order valence-corrected chi connectivity index (χ4v) is 0.151. The molecule has 2 N–H and O–H groups in total. The van der Waals surface area contributed by atoms with Crippen LogP contribution in [-0.4, -0.2) is 19.1 Å². The van der Waals surface area contributed by atoms with Gasteiger partial charge in [0.15, 0.2) is 0 Å². The molecule has 0 aromatic rings. The number of rotatable bonds is 1. The van der Waals surface area contributed by atoms with E-state index >= 15 is 0 Å². The second-order valence-electron chi connectivity index (χ2n) is 1.13. The van der Waals surface area contributed by atoms with Crippen molar-refractivity contribution in [2.24, 2.45) is 5.73 Å². The summed E-state index contributed by atoms with van der Waals surface area (Å²) < 4.78 is 4.19. The molecule has 0 aromatic carbocycles. The third-order valence-electron chi connectivity index (χ3n) is 0.504. The van der Waals surface area contributed by atoms with Crippen LogP contribution in [0, 0.1) is 6.92 Å². The van der Waals surface area contributed by atoms with E-state index in [1.54, 1.807) is 0 Å². The molecule has 0 rings (SSSR count). The highest BCUT2D eigenvalue weighted by molar-refractivity contribution is 5.75. The predicted octanol–water partition coefficient (Wildman–Crippen LogP) is -0.679. The van der Waals surface area contributed by atoms with E-state index < -0.39 is 12.0 Å². The normalized spacial score (nSPS) is 13.0. The molecule has 0 saturated carbocycles. The van der Waals surface area contributed by atoms with Crippen molar-refractivity contribution in [3.63, 3.8) is 0 Å². The highest BCUT2D eigenvalue weighted by Gasteiger charge is 2.03. The van der Waals surface area contributed by atoms with E-state index in [1.165, 1.54) is 7.11 Å². The summed E-state index contributed by atoms with van der Waals surface area (Å²) in [6, 6.07) is -0.745. The van der Waals surface area contributed by atoms with Gasteiger partial charge in [-0.25, -0.2) is 0 Å². The van der Waals surface area contributed by atoms with E-state index in [0.29, 0.717) is 0 Å². The van der Waals surface area contributed by atoms with Gasteiger partial charge < -0.3 is 10.5 Å². The zero-order valence-electron chi connectivity index (χ0n) is 4.18. The Bertz CT molecular complexity index is 70.1. The van der Waals surface area contributed by atoms with E-state index in [1.807, 2.05) is 0 Å². The second-order valence-corrected chi connectivity index (χ2v) is 1.13. The Hall–Kier alpha value is -0.570. The lowest BCUT2D eigenvalue weighted by atomic mass is 10.4. The van der Waals surface area contributed by atoms with E-state index in [9.17, 15) is 4.79 Å². The first-order valence-electron chi connectivity index (χ1n) is 1.85. The molecule has 0 aliphatic rings. The molecule has 0 bridgehead atoms. The number of hydrogen-bond acceptors (Lipinski definition) is 3. The molecule has 0 fully saturated rings. The summed E-state index contributed by atoms with van der Waals surface area (Å²) in [5.74, 6) is -0.486. The first-order chi connectivity index (χ1) is 3.18. The van der Waals surface area contributed by atoms with Crippen LogP contribution in [0.1, 0.15) is 0 Å². The van der Waals surface area contributed by atoms with Crippen LogP contribution < -0.4 is 5.73 Å². The third kappa shape index (κ3) is 2.17. The van der Waals surface area contributed by atoms with E-state index in [0.717, 1.165) is 0 Å². The molecule has 41 valence electrons. The Morgan fingerprint density at radius 2 is 2.43 bits per heavy atom. The molecule has 0 unspecified atom stereocenters. The monoisotopic (exact) mass is 102 g/mol. The minimum absolute atomic E-state index is 0.486. The quantitative estimate of drug-likeness (QED) is 0.446. The van der Waals surface area contributed by atoms with E-state index in [-0.39, 0.29) is 0 Å². The topological polar surface area (TPSA) is 52.3 Å². The maximum absolute atomic E-state index is 10.1. The lowest BCUT2D eigenvalue weighted by Crippen LogP contribution is -2.27. The Kier molecular flexibility index (Phi) is 2.37. The van der Waals surface area contributed by atoms with Gasteiger partial charge >= 0.3 is 5.97 Å². The summed E-state index contributed by atoms with van der Waals surface area (Å²) in [6.07, 6.45) is 0. The highest BCUT2D eigenvalue weighted by atomic mass is 16.5. The van der Waals surface area contributed by atoms with Crippen LogP contribution in [-0.2, 0) is 9.53 Å². The van der Waals surface area contributed by atoms with Crippen LogP contribution >= 0.6 is 0 Å². The molecule has 3 nitrogen and oxygen atoms in total.